The Morgan fingerprint density at radius 2 is 1.92 bits per heavy atom. The number of carbonyl (C=O) groups is 2. The second kappa shape index (κ2) is 5.37. The molecule has 136 valence electrons. The van der Waals surface area contributed by atoms with Gasteiger partial charge in [-0.25, -0.2) is 0 Å². The molecule has 0 saturated heterocycles. The number of rotatable bonds is 2. The van der Waals surface area contributed by atoms with E-state index in [0.717, 1.165) is 32.1 Å². The van der Waals surface area contributed by atoms with Crippen LogP contribution in [0, 0.1) is 28.6 Å². The fourth-order valence-electron chi connectivity index (χ4n) is 6.80. The van der Waals surface area contributed by atoms with Crippen molar-refractivity contribution in [3.8, 4) is 0 Å². The summed E-state index contributed by atoms with van der Waals surface area (Å²) in [6.45, 7) is 3.73. The summed E-state index contributed by atoms with van der Waals surface area (Å²) in [6.07, 6.45) is 10.6. The van der Waals surface area contributed by atoms with Gasteiger partial charge in [0.05, 0.1) is 0 Å². The molecule has 3 fully saturated rings. The van der Waals surface area contributed by atoms with E-state index >= 15 is 0 Å². The monoisotopic (exact) mass is 344 g/mol. The van der Waals surface area contributed by atoms with Crippen molar-refractivity contribution in [2.24, 2.45) is 28.6 Å². The molecule has 0 heterocycles. The predicted molar refractivity (Wildman–Crippen MR) is 93.7 cm³/mol. The van der Waals surface area contributed by atoms with Gasteiger partial charge in [-0.3, -0.25) is 9.59 Å². The summed E-state index contributed by atoms with van der Waals surface area (Å²) < 4.78 is 0. The fourth-order valence-corrected chi connectivity index (χ4v) is 6.80. The van der Waals surface area contributed by atoms with E-state index in [4.69, 9.17) is 0 Å². The topological polar surface area (TPSA) is 74.6 Å². The third-order valence-corrected chi connectivity index (χ3v) is 8.31. The first kappa shape index (κ1) is 17.2. The van der Waals surface area contributed by atoms with Crippen LogP contribution >= 0.6 is 0 Å². The molecule has 4 heteroatoms. The van der Waals surface area contributed by atoms with E-state index in [9.17, 15) is 19.8 Å². The molecule has 0 spiro atoms. The van der Waals surface area contributed by atoms with Gasteiger partial charge >= 0.3 is 0 Å². The van der Waals surface area contributed by atoms with E-state index in [1.54, 1.807) is 6.08 Å². The highest BCUT2D eigenvalue weighted by atomic mass is 16.3. The van der Waals surface area contributed by atoms with Gasteiger partial charge in [0, 0.05) is 10.8 Å². The molecule has 2 N–H and O–H groups in total. The first-order valence-electron chi connectivity index (χ1n) is 9.57. The fraction of sp³-hybridized carbons (Fsp3) is 0.714. The summed E-state index contributed by atoms with van der Waals surface area (Å²) in [5.74, 6) is 0.897. The highest BCUT2D eigenvalue weighted by Gasteiger charge is 2.65. The summed E-state index contributed by atoms with van der Waals surface area (Å²) in [7, 11) is 0. The number of hydrogen-bond acceptors (Lipinski definition) is 4. The van der Waals surface area contributed by atoms with Gasteiger partial charge in [-0.15, -0.1) is 0 Å². The Bertz CT molecular complexity index is 692. The van der Waals surface area contributed by atoms with Gasteiger partial charge in [0.15, 0.2) is 11.6 Å². The van der Waals surface area contributed by atoms with Crippen LogP contribution in [0.15, 0.2) is 23.8 Å². The van der Waals surface area contributed by atoms with Crippen LogP contribution in [0.5, 0.6) is 0 Å². The van der Waals surface area contributed by atoms with Crippen molar-refractivity contribution >= 4 is 11.6 Å². The molecule has 0 radical (unpaired) electrons. The van der Waals surface area contributed by atoms with Crippen LogP contribution in [0.2, 0.25) is 0 Å². The van der Waals surface area contributed by atoms with Crippen molar-refractivity contribution < 1.29 is 19.8 Å². The Balaban J connectivity index is 1.69. The van der Waals surface area contributed by atoms with Crippen LogP contribution in [-0.2, 0) is 9.59 Å². The Morgan fingerprint density at radius 1 is 1.20 bits per heavy atom. The van der Waals surface area contributed by atoms with Gasteiger partial charge in [0.2, 0.25) is 0 Å². The lowest BCUT2D eigenvalue weighted by atomic mass is 9.47. The van der Waals surface area contributed by atoms with Crippen molar-refractivity contribution in [3.05, 3.63) is 23.8 Å². The number of carbonyl (C=O) groups excluding carboxylic acids is 2. The van der Waals surface area contributed by atoms with Crippen molar-refractivity contribution in [3.63, 3.8) is 0 Å². The molecule has 0 aliphatic heterocycles. The quantitative estimate of drug-likeness (QED) is 0.807. The van der Waals surface area contributed by atoms with Gasteiger partial charge < -0.3 is 10.2 Å². The first-order valence-corrected chi connectivity index (χ1v) is 9.57. The van der Waals surface area contributed by atoms with E-state index in [1.807, 2.05) is 6.08 Å². The van der Waals surface area contributed by atoms with Gasteiger partial charge in [0.25, 0.3) is 0 Å². The number of allylic oxidation sites excluding steroid dienone is 4. The van der Waals surface area contributed by atoms with Crippen molar-refractivity contribution in [2.75, 3.05) is 6.61 Å². The number of aliphatic hydroxyl groups is 2. The number of aliphatic hydroxyl groups excluding tert-OH is 1. The SMILES string of the molecule is C[C@]12C=CC(=O)C=C1CC[C@@H]1C2CC[C@@]2(C)[C@H]1CC[C@]2(O)C(=O)CO. The highest BCUT2D eigenvalue weighted by Crippen LogP contribution is 2.67. The van der Waals surface area contributed by atoms with Crippen LogP contribution in [-0.4, -0.2) is 34.0 Å². The molecule has 1 unspecified atom stereocenters. The smallest absolute Gasteiger partial charge is 0.190 e. The second-order valence-electron chi connectivity index (χ2n) is 9.04. The van der Waals surface area contributed by atoms with E-state index in [0.29, 0.717) is 24.2 Å². The number of Topliss-reactive ketones (excluding diaryl/α,β-unsaturated/α-hetero) is 1. The highest BCUT2D eigenvalue weighted by molar-refractivity contribution is 6.01. The van der Waals surface area contributed by atoms with Crippen LogP contribution < -0.4 is 0 Å². The average Bonchev–Trinajstić information content (AvgIpc) is 2.87. The normalized spacial score (nSPS) is 48.4. The summed E-state index contributed by atoms with van der Waals surface area (Å²) in [5.41, 5.74) is -0.642. The van der Waals surface area contributed by atoms with Crippen molar-refractivity contribution in [2.45, 2.75) is 58.0 Å². The number of ketones is 2. The maximum Gasteiger partial charge on any atom is 0.190 e. The van der Waals surface area contributed by atoms with Gasteiger partial charge in [0.1, 0.15) is 12.2 Å². The lowest BCUT2D eigenvalue weighted by Gasteiger charge is -2.57. The maximum absolute atomic E-state index is 12.3. The Kier molecular flexibility index (Phi) is 3.69. The van der Waals surface area contributed by atoms with Crippen LogP contribution in [0.3, 0.4) is 0 Å². The number of fused-ring (bicyclic) bond motifs is 5. The molecule has 0 aromatic heterocycles. The third-order valence-electron chi connectivity index (χ3n) is 8.31. The van der Waals surface area contributed by atoms with E-state index < -0.39 is 23.4 Å². The second-order valence-corrected chi connectivity index (χ2v) is 9.04. The lowest BCUT2D eigenvalue weighted by molar-refractivity contribution is -0.163. The predicted octanol–water partition coefficient (Wildman–Crippen LogP) is 2.59. The van der Waals surface area contributed by atoms with Crippen LogP contribution in [0.4, 0.5) is 0 Å². The minimum absolute atomic E-state index is 0.0696. The largest absolute Gasteiger partial charge is 0.388 e. The molecule has 6 atom stereocenters. The maximum atomic E-state index is 12.3. The summed E-state index contributed by atoms with van der Waals surface area (Å²) in [5, 5.41) is 20.5. The van der Waals surface area contributed by atoms with Crippen molar-refractivity contribution in [1.82, 2.24) is 0 Å². The Hall–Kier alpha value is -1.26. The lowest BCUT2D eigenvalue weighted by Crippen LogP contribution is -2.57. The third kappa shape index (κ3) is 2.07. The minimum atomic E-state index is -1.38. The molecule has 0 amide bonds. The van der Waals surface area contributed by atoms with E-state index in [1.165, 1.54) is 5.57 Å². The molecule has 4 aliphatic rings. The first-order chi connectivity index (χ1) is 11.8. The van der Waals surface area contributed by atoms with Crippen molar-refractivity contribution in [1.29, 1.82) is 0 Å². The van der Waals surface area contributed by atoms with Gasteiger partial charge in [-0.1, -0.05) is 25.5 Å². The van der Waals surface area contributed by atoms with Gasteiger partial charge in [-0.05, 0) is 68.4 Å². The van der Waals surface area contributed by atoms with E-state index in [2.05, 4.69) is 19.9 Å². The molecule has 25 heavy (non-hydrogen) atoms. The van der Waals surface area contributed by atoms with Crippen LogP contribution in [0.1, 0.15) is 52.4 Å². The summed E-state index contributed by atoms with van der Waals surface area (Å²) >= 11 is 0. The molecule has 4 rings (SSSR count). The zero-order chi connectivity index (χ0) is 18.0. The molecular formula is C21H28O4. The average molecular weight is 344 g/mol. The molecule has 4 aliphatic carbocycles. The zero-order valence-electron chi connectivity index (χ0n) is 15.1. The Morgan fingerprint density at radius 3 is 2.64 bits per heavy atom. The zero-order valence-corrected chi connectivity index (χ0v) is 15.1. The van der Waals surface area contributed by atoms with E-state index in [-0.39, 0.29) is 11.2 Å². The minimum Gasteiger partial charge on any atom is -0.388 e. The molecule has 3 saturated carbocycles. The summed E-state index contributed by atoms with van der Waals surface area (Å²) in [4.78, 5) is 24.1. The van der Waals surface area contributed by atoms with Gasteiger partial charge in [-0.2, -0.15) is 0 Å². The molecular weight excluding hydrogens is 316 g/mol. The molecule has 4 nitrogen and oxygen atoms in total. The molecule has 0 aromatic rings. The number of hydrogen-bond donors (Lipinski definition) is 2. The molecule has 0 aromatic carbocycles. The summed E-state index contributed by atoms with van der Waals surface area (Å²) in [6, 6.07) is 0. The standard InChI is InChI=1S/C21H28O4/c1-19-8-5-14(23)11-13(19)3-4-15-16(19)6-9-20(2)17(15)7-10-21(20,25)18(24)12-22/h5,8,11,15-17,22,25H,3-4,6-7,9-10,12H2,1-2H3/t15-,16?,17+,19+,20+,21+/m1/s1. The Labute approximate surface area is 149 Å². The van der Waals surface area contributed by atoms with Crippen LogP contribution in [0.25, 0.3) is 0 Å². The molecule has 0 bridgehead atoms.